The van der Waals surface area contributed by atoms with E-state index in [0.717, 1.165) is 17.7 Å². The largest absolute Gasteiger partial charge is 0.497 e. The minimum atomic E-state index is -0.374. The number of hydrogen-bond donors (Lipinski definition) is 2. The van der Waals surface area contributed by atoms with Crippen molar-refractivity contribution in [3.05, 3.63) is 29.8 Å². The molecule has 1 aromatic rings. The minimum Gasteiger partial charge on any atom is -0.497 e. The first kappa shape index (κ1) is 19.0. The lowest BCUT2D eigenvalue weighted by Gasteiger charge is -2.23. The van der Waals surface area contributed by atoms with Gasteiger partial charge in [0.05, 0.1) is 19.7 Å². The van der Waals surface area contributed by atoms with Crippen LogP contribution < -0.4 is 15.4 Å². The van der Waals surface area contributed by atoms with Crippen molar-refractivity contribution in [2.45, 2.75) is 32.9 Å². The number of carbonyl (C=O) groups excluding carboxylic acids is 2. The third-order valence-corrected chi connectivity index (χ3v) is 3.63. The number of benzene rings is 1. The second-order valence-electron chi connectivity index (χ2n) is 5.51. The molecule has 2 amide bonds. The van der Waals surface area contributed by atoms with Crippen molar-refractivity contribution in [1.29, 1.82) is 0 Å². The molecule has 0 unspecified atom stereocenters. The molecule has 6 heteroatoms. The van der Waals surface area contributed by atoms with Crippen molar-refractivity contribution in [2.75, 3.05) is 27.2 Å². The van der Waals surface area contributed by atoms with Gasteiger partial charge in [0.15, 0.2) is 0 Å². The summed E-state index contributed by atoms with van der Waals surface area (Å²) in [7, 11) is 3.38. The van der Waals surface area contributed by atoms with Gasteiger partial charge in [-0.25, -0.2) is 0 Å². The third kappa shape index (κ3) is 6.69. The average Bonchev–Trinajstić information content (AvgIpc) is 2.57. The van der Waals surface area contributed by atoms with Crippen molar-refractivity contribution in [3.8, 4) is 5.75 Å². The van der Waals surface area contributed by atoms with Crippen LogP contribution in [0.3, 0.4) is 0 Å². The van der Waals surface area contributed by atoms with Crippen LogP contribution in [0.4, 0.5) is 0 Å². The number of methoxy groups -OCH3 is 1. The Hall–Kier alpha value is -2.08. The van der Waals surface area contributed by atoms with Gasteiger partial charge in [-0.3, -0.25) is 14.5 Å². The highest BCUT2D eigenvalue weighted by molar-refractivity contribution is 5.83. The lowest BCUT2D eigenvalue weighted by molar-refractivity contribution is -0.127. The van der Waals surface area contributed by atoms with Gasteiger partial charge in [0.25, 0.3) is 0 Å². The normalized spacial score (nSPS) is 11.9. The summed E-state index contributed by atoms with van der Waals surface area (Å²) in [6, 6.07) is 7.15. The van der Waals surface area contributed by atoms with Gasteiger partial charge in [0.1, 0.15) is 5.75 Å². The maximum absolute atomic E-state index is 12.2. The summed E-state index contributed by atoms with van der Waals surface area (Å²) in [5.41, 5.74) is 0.995. The van der Waals surface area contributed by atoms with E-state index in [-0.39, 0.29) is 24.4 Å². The molecule has 0 fully saturated rings. The number of nitrogens with zero attached hydrogens (tertiary/aromatic N) is 1. The van der Waals surface area contributed by atoms with Crippen LogP contribution in [0.15, 0.2) is 24.3 Å². The molecule has 0 saturated heterocycles. The van der Waals surface area contributed by atoms with Crippen LogP contribution in [-0.4, -0.2) is 50.0 Å². The minimum absolute atomic E-state index is 0.0656. The molecule has 0 aliphatic rings. The molecule has 0 heterocycles. The number of carbonyl (C=O) groups is 2. The molecule has 1 rings (SSSR count). The second kappa shape index (κ2) is 9.84. The van der Waals surface area contributed by atoms with Crippen LogP contribution >= 0.6 is 0 Å². The molecule has 0 bridgehead atoms. The quantitative estimate of drug-likeness (QED) is 0.716. The Morgan fingerprint density at radius 3 is 2.43 bits per heavy atom. The van der Waals surface area contributed by atoms with Crippen LogP contribution in [0, 0.1) is 0 Å². The molecular formula is C17H27N3O3. The Morgan fingerprint density at radius 1 is 1.22 bits per heavy atom. The molecule has 1 atom stereocenters. The topological polar surface area (TPSA) is 70.7 Å². The maximum Gasteiger partial charge on any atom is 0.237 e. The Bertz CT molecular complexity index is 502. The Balaban J connectivity index is 2.41. The van der Waals surface area contributed by atoms with E-state index in [0.29, 0.717) is 13.1 Å². The van der Waals surface area contributed by atoms with Gasteiger partial charge in [-0.1, -0.05) is 19.1 Å². The number of likely N-dealkylation sites (N-methyl/N-ethyl adjacent to an activating group) is 1. The molecule has 0 aromatic heterocycles. The summed E-state index contributed by atoms with van der Waals surface area (Å²) in [6.07, 6.45) is 0.896. The summed E-state index contributed by atoms with van der Waals surface area (Å²) in [6.45, 7) is 5.10. The van der Waals surface area contributed by atoms with Gasteiger partial charge in [-0.2, -0.15) is 0 Å². The van der Waals surface area contributed by atoms with Crippen LogP contribution in [0.5, 0.6) is 5.75 Å². The van der Waals surface area contributed by atoms with Crippen molar-refractivity contribution in [3.63, 3.8) is 0 Å². The van der Waals surface area contributed by atoms with E-state index < -0.39 is 0 Å². The van der Waals surface area contributed by atoms with Crippen molar-refractivity contribution >= 4 is 11.8 Å². The third-order valence-electron chi connectivity index (χ3n) is 3.63. The first-order valence-corrected chi connectivity index (χ1v) is 7.85. The van der Waals surface area contributed by atoms with Crippen molar-refractivity contribution < 1.29 is 14.3 Å². The summed E-state index contributed by atoms with van der Waals surface area (Å²) in [5.74, 6) is 0.613. The fourth-order valence-corrected chi connectivity index (χ4v) is 1.96. The van der Waals surface area contributed by atoms with Crippen LogP contribution in [0.2, 0.25) is 0 Å². The SMILES string of the molecule is CCCNC(=O)CN(C)[C@@H](C)C(=O)NCc1ccc(OC)cc1. The zero-order valence-electron chi connectivity index (χ0n) is 14.4. The Morgan fingerprint density at radius 2 is 1.87 bits per heavy atom. The molecule has 0 radical (unpaired) electrons. The Labute approximate surface area is 138 Å². The zero-order chi connectivity index (χ0) is 17.2. The van der Waals surface area contributed by atoms with E-state index in [9.17, 15) is 9.59 Å². The molecule has 128 valence electrons. The molecular weight excluding hydrogens is 294 g/mol. The smallest absolute Gasteiger partial charge is 0.237 e. The molecule has 0 aliphatic heterocycles. The molecule has 1 aromatic carbocycles. The van der Waals surface area contributed by atoms with Gasteiger partial charge < -0.3 is 15.4 Å². The molecule has 2 N–H and O–H groups in total. The molecule has 23 heavy (non-hydrogen) atoms. The number of ether oxygens (including phenoxy) is 1. The monoisotopic (exact) mass is 321 g/mol. The summed E-state index contributed by atoms with van der Waals surface area (Å²) >= 11 is 0. The van der Waals surface area contributed by atoms with Gasteiger partial charge >= 0.3 is 0 Å². The highest BCUT2D eigenvalue weighted by atomic mass is 16.5. The van der Waals surface area contributed by atoms with Crippen molar-refractivity contribution in [1.82, 2.24) is 15.5 Å². The first-order chi connectivity index (χ1) is 11.0. The van der Waals surface area contributed by atoms with Gasteiger partial charge in [0, 0.05) is 13.1 Å². The summed E-state index contributed by atoms with van der Waals surface area (Å²) in [4.78, 5) is 25.6. The fraction of sp³-hybridized carbons (Fsp3) is 0.529. The van der Waals surface area contributed by atoms with E-state index in [1.54, 1.807) is 26.0 Å². The number of amides is 2. The van der Waals surface area contributed by atoms with Crippen LogP contribution in [0.1, 0.15) is 25.8 Å². The highest BCUT2D eigenvalue weighted by Crippen LogP contribution is 2.11. The fourth-order valence-electron chi connectivity index (χ4n) is 1.96. The number of hydrogen-bond acceptors (Lipinski definition) is 4. The molecule has 6 nitrogen and oxygen atoms in total. The molecule has 0 aliphatic carbocycles. The second-order valence-corrected chi connectivity index (χ2v) is 5.51. The van der Waals surface area contributed by atoms with Gasteiger partial charge in [-0.15, -0.1) is 0 Å². The zero-order valence-corrected chi connectivity index (χ0v) is 14.4. The Kier molecular flexibility index (Phi) is 8.11. The number of rotatable bonds is 9. The van der Waals surface area contributed by atoms with E-state index in [2.05, 4.69) is 10.6 Å². The predicted octanol–water partition coefficient (Wildman–Crippen LogP) is 1.16. The maximum atomic E-state index is 12.2. The number of nitrogens with one attached hydrogen (secondary N) is 2. The van der Waals surface area contributed by atoms with E-state index >= 15 is 0 Å². The van der Waals surface area contributed by atoms with Crippen molar-refractivity contribution in [2.24, 2.45) is 0 Å². The summed E-state index contributed by atoms with van der Waals surface area (Å²) in [5, 5.41) is 5.68. The van der Waals surface area contributed by atoms with E-state index in [1.807, 2.05) is 31.2 Å². The standard InChI is InChI=1S/C17H27N3O3/c1-5-10-18-16(21)12-20(3)13(2)17(22)19-11-14-6-8-15(23-4)9-7-14/h6-9,13H,5,10-12H2,1-4H3,(H,18,21)(H,19,22)/t13-/m0/s1. The van der Waals surface area contributed by atoms with Gasteiger partial charge in [-0.05, 0) is 38.1 Å². The molecule has 0 saturated carbocycles. The van der Waals surface area contributed by atoms with E-state index in [4.69, 9.17) is 4.74 Å². The van der Waals surface area contributed by atoms with E-state index in [1.165, 1.54) is 0 Å². The first-order valence-electron chi connectivity index (χ1n) is 7.85. The van der Waals surface area contributed by atoms with Crippen LogP contribution in [-0.2, 0) is 16.1 Å². The van der Waals surface area contributed by atoms with Gasteiger partial charge in [0.2, 0.25) is 11.8 Å². The average molecular weight is 321 g/mol. The molecule has 0 spiro atoms. The lowest BCUT2D eigenvalue weighted by Crippen LogP contribution is -2.46. The highest BCUT2D eigenvalue weighted by Gasteiger charge is 2.19. The van der Waals surface area contributed by atoms with Crippen LogP contribution in [0.25, 0.3) is 0 Å². The predicted molar refractivity (Wildman–Crippen MR) is 90.2 cm³/mol. The summed E-state index contributed by atoms with van der Waals surface area (Å²) < 4.78 is 5.10. The lowest BCUT2D eigenvalue weighted by atomic mass is 10.2.